The molecule has 2 fully saturated rings. The van der Waals surface area contributed by atoms with E-state index in [9.17, 15) is 27.1 Å². The van der Waals surface area contributed by atoms with Gasteiger partial charge in [0.15, 0.2) is 15.7 Å². The van der Waals surface area contributed by atoms with Crippen LogP contribution in [0.15, 0.2) is 41.4 Å². The molecule has 34 heavy (non-hydrogen) atoms. The zero-order valence-electron chi connectivity index (χ0n) is 18.6. The molecule has 0 saturated heterocycles. The van der Waals surface area contributed by atoms with Crippen LogP contribution in [-0.2, 0) is 21.2 Å². The molecule has 1 aromatic carbocycles. The van der Waals surface area contributed by atoms with Crippen LogP contribution in [0.2, 0.25) is 0 Å². The molecule has 0 radical (unpaired) electrons. The standard InChI is InChI=1S/C23H29F2N3O5S/c24-20-10-14(11-21(20)25)9-19(15-1-3-17(4-2-15)34(32,33)18-5-6-18)23(31)26-22-7-8-28(27-22)12-16(30)13-29/h1-4,7-8,14,16,18-21,29-30H,5-6,9-13H2,(H,26,27,31)/t14?,16-,19?,20-,21+/m0/s1. The number of benzene rings is 1. The van der Waals surface area contributed by atoms with Crippen molar-refractivity contribution in [2.75, 3.05) is 11.9 Å². The zero-order chi connectivity index (χ0) is 24.5. The topological polar surface area (TPSA) is 122 Å². The first kappa shape index (κ1) is 24.7. The summed E-state index contributed by atoms with van der Waals surface area (Å²) in [4.78, 5) is 13.4. The molecule has 2 saturated carbocycles. The van der Waals surface area contributed by atoms with E-state index in [0.717, 1.165) is 0 Å². The molecule has 3 N–H and O–H groups in total. The minimum atomic E-state index is -3.37. The van der Waals surface area contributed by atoms with Crippen LogP contribution in [0.1, 0.15) is 43.6 Å². The van der Waals surface area contributed by atoms with Crippen molar-refractivity contribution in [3.63, 3.8) is 0 Å². The van der Waals surface area contributed by atoms with Crippen molar-refractivity contribution in [2.45, 2.75) is 73.2 Å². The normalized spacial score (nSPS) is 24.6. The molecule has 0 spiro atoms. The van der Waals surface area contributed by atoms with E-state index in [1.807, 2.05) is 0 Å². The van der Waals surface area contributed by atoms with Crippen molar-refractivity contribution < 1.29 is 32.2 Å². The highest BCUT2D eigenvalue weighted by molar-refractivity contribution is 7.92. The summed E-state index contributed by atoms with van der Waals surface area (Å²) in [7, 11) is -3.37. The highest BCUT2D eigenvalue weighted by atomic mass is 32.2. The smallest absolute Gasteiger partial charge is 0.233 e. The third kappa shape index (κ3) is 5.64. The number of aromatic nitrogens is 2. The summed E-state index contributed by atoms with van der Waals surface area (Å²) < 4.78 is 53.9. The molecule has 0 aliphatic heterocycles. The van der Waals surface area contributed by atoms with Crippen LogP contribution in [0.4, 0.5) is 14.6 Å². The predicted octanol–water partition coefficient (Wildman–Crippen LogP) is 2.37. The predicted molar refractivity (Wildman–Crippen MR) is 120 cm³/mol. The van der Waals surface area contributed by atoms with Gasteiger partial charge in [-0.1, -0.05) is 12.1 Å². The number of sulfone groups is 1. The molecule has 1 heterocycles. The zero-order valence-corrected chi connectivity index (χ0v) is 19.4. The summed E-state index contributed by atoms with van der Waals surface area (Å²) in [6.07, 6.45) is -0.973. The Labute approximate surface area is 196 Å². The van der Waals surface area contributed by atoms with Gasteiger partial charge < -0.3 is 15.5 Å². The van der Waals surface area contributed by atoms with Gasteiger partial charge in [-0.2, -0.15) is 5.10 Å². The number of aliphatic hydroxyl groups excluding tert-OH is 2. The van der Waals surface area contributed by atoms with Gasteiger partial charge in [-0.3, -0.25) is 9.48 Å². The second-order valence-electron chi connectivity index (χ2n) is 9.22. The number of alkyl halides is 2. The number of amides is 1. The molecule has 4 rings (SSSR count). The molecular weight excluding hydrogens is 468 g/mol. The first-order chi connectivity index (χ1) is 16.2. The molecule has 0 bridgehead atoms. The molecule has 5 atom stereocenters. The number of anilines is 1. The molecular formula is C23H29F2N3O5S. The van der Waals surface area contributed by atoms with E-state index >= 15 is 0 Å². The maximum absolute atomic E-state index is 13.8. The number of carbonyl (C=O) groups excluding carboxylic acids is 1. The number of aliphatic hydroxyl groups is 2. The van der Waals surface area contributed by atoms with Crippen molar-refractivity contribution in [2.24, 2.45) is 5.92 Å². The maximum Gasteiger partial charge on any atom is 0.233 e. The average Bonchev–Trinajstić information content (AvgIpc) is 3.52. The highest BCUT2D eigenvalue weighted by Crippen LogP contribution is 2.39. The molecule has 8 nitrogen and oxygen atoms in total. The van der Waals surface area contributed by atoms with Crippen molar-refractivity contribution in [1.82, 2.24) is 9.78 Å². The van der Waals surface area contributed by atoms with Crippen LogP contribution in [0, 0.1) is 5.92 Å². The quantitative estimate of drug-likeness (QED) is 0.463. The lowest BCUT2D eigenvalue weighted by atomic mass is 9.87. The van der Waals surface area contributed by atoms with Gasteiger partial charge in [-0.05, 0) is 55.7 Å². The van der Waals surface area contributed by atoms with E-state index in [-0.39, 0.29) is 47.7 Å². The second kappa shape index (κ2) is 10.1. The fraction of sp³-hybridized carbons (Fsp3) is 0.565. The number of hydrogen-bond acceptors (Lipinski definition) is 6. The first-order valence-electron chi connectivity index (χ1n) is 11.4. The summed E-state index contributed by atoms with van der Waals surface area (Å²) in [5.41, 5.74) is 0.556. The van der Waals surface area contributed by atoms with Gasteiger partial charge in [0.25, 0.3) is 0 Å². The van der Waals surface area contributed by atoms with E-state index in [1.54, 1.807) is 18.3 Å². The van der Waals surface area contributed by atoms with Crippen LogP contribution < -0.4 is 5.32 Å². The van der Waals surface area contributed by atoms with E-state index in [4.69, 9.17) is 5.11 Å². The lowest BCUT2D eigenvalue weighted by Crippen LogP contribution is -2.24. The van der Waals surface area contributed by atoms with E-state index in [1.165, 1.54) is 22.9 Å². The Bertz CT molecular complexity index is 1090. The van der Waals surface area contributed by atoms with Crippen molar-refractivity contribution in [3.8, 4) is 0 Å². The number of nitrogens with one attached hydrogen (secondary N) is 1. The Hall–Kier alpha value is -2.37. The van der Waals surface area contributed by atoms with E-state index < -0.39 is 46.7 Å². The molecule has 1 amide bonds. The highest BCUT2D eigenvalue weighted by Gasteiger charge is 2.38. The third-order valence-electron chi connectivity index (χ3n) is 6.47. The Morgan fingerprint density at radius 1 is 1.15 bits per heavy atom. The summed E-state index contributed by atoms with van der Waals surface area (Å²) >= 11 is 0. The van der Waals surface area contributed by atoms with Gasteiger partial charge >= 0.3 is 0 Å². The SMILES string of the molecule is O=C(Nc1ccn(C[C@H](O)CO)n1)C(CC1C[C@@H](F)[C@@H](F)C1)c1ccc(S(=O)(=O)C2CC2)cc1. The van der Waals surface area contributed by atoms with Crippen molar-refractivity contribution in [3.05, 3.63) is 42.1 Å². The summed E-state index contributed by atoms with van der Waals surface area (Å²) in [5.74, 6) is -1.28. The monoisotopic (exact) mass is 497 g/mol. The Kier molecular flexibility index (Phi) is 7.34. The maximum atomic E-state index is 13.8. The minimum Gasteiger partial charge on any atom is -0.394 e. The summed E-state index contributed by atoms with van der Waals surface area (Å²) in [6, 6.07) is 7.68. The number of nitrogens with zero attached hydrogens (tertiary/aromatic N) is 2. The first-order valence-corrected chi connectivity index (χ1v) is 13.0. The minimum absolute atomic E-state index is 0.0345. The van der Waals surface area contributed by atoms with Gasteiger partial charge in [0.2, 0.25) is 5.91 Å². The van der Waals surface area contributed by atoms with Crippen LogP contribution in [-0.4, -0.2) is 64.6 Å². The van der Waals surface area contributed by atoms with Gasteiger partial charge in [-0.25, -0.2) is 17.2 Å². The average molecular weight is 498 g/mol. The number of carbonyl (C=O) groups is 1. The van der Waals surface area contributed by atoms with Gasteiger partial charge in [0.05, 0.1) is 35.3 Å². The van der Waals surface area contributed by atoms with Crippen molar-refractivity contribution >= 4 is 21.6 Å². The van der Waals surface area contributed by atoms with Crippen molar-refractivity contribution in [1.29, 1.82) is 0 Å². The largest absolute Gasteiger partial charge is 0.394 e. The fourth-order valence-electron chi connectivity index (χ4n) is 4.43. The number of halogens is 2. The number of rotatable bonds is 10. The van der Waals surface area contributed by atoms with Crippen LogP contribution >= 0.6 is 0 Å². The molecule has 1 aromatic heterocycles. The van der Waals surface area contributed by atoms with Crippen LogP contribution in [0.25, 0.3) is 0 Å². The van der Waals surface area contributed by atoms with Crippen LogP contribution in [0.5, 0.6) is 0 Å². The molecule has 186 valence electrons. The Morgan fingerprint density at radius 2 is 1.79 bits per heavy atom. The molecule has 2 aliphatic rings. The Morgan fingerprint density at radius 3 is 2.38 bits per heavy atom. The second-order valence-corrected chi connectivity index (χ2v) is 11.4. The van der Waals surface area contributed by atoms with Gasteiger partial charge in [-0.15, -0.1) is 0 Å². The van der Waals surface area contributed by atoms with Crippen LogP contribution in [0.3, 0.4) is 0 Å². The fourth-order valence-corrected chi connectivity index (χ4v) is 6.08. The molecule has 2 unspecified atom stereocenters. The molecule has 2 aliphatic carbocycles. The van der Waals surface area contributed by atoms with Gasteiger partial charge in [0, 0.05) is 12.3 Å². The third-order valence-corrected chi connectivity index (χ3v) is 8.75. The molecule has 11 heteroatoms. The van der Waals surface area contributed by atoms with Gasteiger partial charge in [0.1, 0.15) is 12.3 Å². The number of hydrogen-bond donors (Lipinski definition) is 3. The lowest BCUT2D eigenvalue weighted by molar-refractivity contribution is -0.118. The summed E-state index contributed by atoms with van der Waals surface area (Å²) in [5, 5.41) is 25.0. The lowest BCUT2D eigenvalue weighted by Gasteiger charge is -2.20. The molecule has 2 aromatic rings. The Balaban J connectivity index is 1.52. The van der Waals surface area contributed by atoms with E-state index in [2.05, 4.69) is 10.4 Å². The summed E-state index contributed by atoms with van der Waals surface area (Å²) in [6.45, 7) is -0.382. The van der Waals surface area contributed by atoms with E-state index in [0.29, 0.717) is 18.4 Å².